The quantitative estimate of drug-likeness (QED) is 0.785. The largest absolute Gasteiger partial charge is 0.465 e. The average molecular weight is 279 g/mol. The molecule has 0 aliphatic carbocycles. The SMILES string of the molecule is N#Cc1ccc(-c2cc(N)cc3c2CN(C(=O)O)C3)cc1. The van der Waals surface area contributed by atoms with Crippen LogP contribution >= 0.6 is 0 Å². The molecule has 0 unspecified atom stereocenters. The van der Waals surface area contributed by atoms with Crippen molar-refractivity contribution >= 4 is 11.8 Å². The van der Waals surface area contributed by atoms with Crippen molar-refractivity contribution in [3.63, 3.8) is 0 Å². The van der Waals surface area contributed by atoms with Crippen molar-refractivity contribution in [3.8, 4) is 17.2 Å². The van der Waals surface area contributed by atoms with Crippen LogP contribution in [0.2, 0.25) is 0 Å². The van der Waals surface area contributed by atoms with Gasteiger partial charge in [-0.15, -0.1) is 0 Å². The average Bonchev–Trinajstić information content (AvgIpc) is 2.90. The van der Waals surface area contributed by atoms with Gasteiger partial charge in [0.25, 0.3) is 0 Å². The summed E-state index contributed by atoms with van der Waals surface area (Å²) in [6, 6.07) is 13.0. The molecule has 0 atom stereocenters. The third kappa shape index (κ3) is 2.28. The minimum absolute atomic E-state index is 0.360. The molecule has 3 N–H and O–H groups in total. The lowest BCUT2D eigenvalue weighted by Gasteiger charge is -2.11. The lowest BCUT2D eigenvalue weighted by molar-refractivity contribution is 0.145. The first-order valence-corrected chi connectivity index (χ1v) is 6.48. The Labute approximate surface area is 121 Å². The van der Waals surface area contributed by atoms with Crippen molar-refractivity contribution in [1.29, 1.82) is 5.26 Å². The van der Waals surface area contributed by atoms with E-state index in [0.29, 0.717) is 24.3 Å². The van der Waals surface area contributed by atoms with E-state index in [9.17, 15) is 4.79 Å². The number of rotatable bonds is 1. The fourth-order valence-corrected chi connectivity index (χ4v) is 2.65. The second-order valence-electron chi connectivity index (χ2n) is 5.03. The van der Waals surface area contributed by atoms with E-state index < -0.39 is 6.09 Å². The number of hydrogen-bond donors (Lipinski definition) is 2. The molecule has 1 amide bonds. The number of hydrogen-bond acceptors (Lipinski definition) is 3. The number of benzene rings is 2. The van der Waals surface area contributed by atoms with Crippen molar-refractivity contribution < 1.29 is 9.90 Å². The number of carbonyl (C=O) groups is 1. The molecule has 0 saturated carbocycles. The molecule has 5 nitrogen and oxygen atoms in total. The van der Waals surface area contributed by atoms with Crippen LogP contribution in [0.4, 0.5) is 10.5 Å². The third-order valence-electron chi connectivity index (χ3n) is 3.67. The van der Waals surface area contributed by atoms with Gasteiger partial charge in [-0.25, -0.2) is 4.79 Å². The maximum absolute atomic E-state index is 11.1. The number of anilines is 1. The minimum atomic E-state index is -0.935. The molecule has 0 spiro atoms. The van der Waals surface area contributed by atoms with Crippen LogP contribution in [0.15, 0.2) is 36.4 Å². The zero-order valence-electron chi connectivity index (χ0n) is 11.2. The number of fused-ring (bicyclic) bond motifs is 1. The fraction of sp³-hybridized carbons (Fsp3) is 0.125. The highest BCUT2D eigenvalue weighted by Gasteiger charge is 2.25. The number of nitrogen functional groups attached to an aromatic ring is 1. The first-order valence-electron chi connectivity index (χ1n) is 6.48. The van der Waals surface area contributed by atoms with Gasteiger partial charge in [-0.1, -0.05) is 12.1 Å². The lowest BCUT2D eigenvalue weighted by atomic mass is 9.95. The fourth-order valence-electron chi connectivity index (χ4n) is 2.65. The number of nitriles is 1. The summed E-state index contributed by atoms with van der Waals surface area (Å²) in [7, 11) is 0. The molecule has 5 heteroatoms. The molecule has 0 saturated heterocycles. The maximum atomic E-state index is 11.1. The van der Waals surface area contributed by atoms with Gasteiger partial charge in [-0.3, -0.25) is 4.90 Å². The van der Waals surface area contributed by atoms with Crippen LogP contribution in [0, 0.1) is 11.3 Å². The number of carboxylic acid groups (broad SMARTS) is 1. The van der Waals surface area contributed by atoms with Gasteiger partial charge in [-0.05, 0) is 46.5 Å². The molecule has 3 rings (SSSR count). The van der Waals surface area contributed by atoms with Crippen LogP contribution in [0.3, 0.4) is 0 Å². The highest BCUT2D eigenvalue weighted by molar-refractivity contribution is 5.76. The Morgan fingerprint density at radius 3 is 2.57 bits per heavy atom. The predicted molar refractivity (Wildman–Crippen MR) is 78.3 cm³/mol. The van der Waals surface area contributed by atoms with Crippen molar-refractivity contribution in [2.45, 2.75) is 13.1 Å². The molecule has 21 heavy (non-hydrogen) atoms. The normalized spacial score (nSPS) is 12.8. The number of nitrogens with two attached hydrogens (primary N) is 1. The van der Waals surface area contributed by atoms with E-state index in [1.54, 1.807) is 12.1 Å². The lowest BCUT2D eigenvalue weighted by Crippen LogP contribution is -2.22. The Morgan fingerprint density at radius 2 is 1.95 bits per heavy atom. The summed E-state index contributed by atoms with van der Waals surface area (Å²) in [5.41, 5.74) is 10.9. The summed E-state index contributed by atoms with van der Waals surface area (Å²) in [5.74, 6) is 0. The predicted octanol–water partition coefficient (Wildman–Crippen LogP) is 2.80. The Hall–Kier alpha value is -3.00. The molecule has 0 bridgehead atoms. The summed E-state index contributed by atoms with van der Waals surface area (Å²) in [5, 5.41) is 18.0. The topological polar surface area (TPSA) is 90.4 Å². The van der Waals surface area contributed by atoms with E-state index in [4.69, 9.17) is 16.1 Å². The summed E-state index contributed by atoms with van der Waals surface area (Å²) >= 11 is 0. The van der Waals surface area contributed by atoms with Crippen LogP contribution in [0.5, 0.6) is 0 Å². The first-order chi connectivity index (χ1) is 10.1. The molecule has 0 radical (unpaired) electrons. The van der Waals surface area contributed by atoms with E-state index in [0.717, 1.165) is 22.3 Å². The molecule has 0 aromatic heterocycles. The van der Waals surface area contributed by atoms with Gasteiger partial charge in [0.1, 0.15) is 0 Å². The van der Waals surface area contributed by atoms with E-state index >= 15 is 0 Å². The molecule has 2 aromatic carbocycles. The maximum Gasteiger partial charge on any atom is 0.407 e. The molecular formula is C16H13N3O2. The smallest absolute Gasteiger partial charge is 0.407 e. The van der Waals surface area contributed by atoms with E-state index in [1.807, 2.05) is 24.3 Å². The van der Waals surface area contributed by atoms with Gasteiger partial charge in [0, 0.05) is 12.2 Å². The van der Waals surface area contributed by atoms with Crippen LogP contribution in [-0.4, -0.2) is 16.1 Å². The van der Waals surface area contributed by atoms with Gasteiger partial charge in [0.05, 0.1) is 18.2 Å². The summed E-state index contributed by atoms with van der Waals surface area (Å²) in [6.07, 6.45) is -0.935. The van der Waals surface area contributed by atoms with Gasteiger partial charge < -0.3 is 10.8 Å². The van der Waals surface area contributed by atoms with Gasteiger partial charge in [0.2, 0.25) is 0 Å². The molecule has 104 valence electrons. The Bertz CT molecular complexity index is 760. The Morgan fingerprint density at radius 1 is 1.24 bits per heavy atom. The minimum Gasteiger partial charge on any atom is -0.465 e. The van der Waals surface area contributed by atoms with E-state index in [1.165, 1.54) is 4.90 Å². The summed E-state index contributed by atoms with van der Waals surface area (Å²) in [6.45, 7) is 0.721. The highest BCUT2D eigenvalue weighted by atomic mass is 16.4. The van der Waals surface area contributed by atoms with Crippen LogP contribution in [-0.2, 0) is 13.1 Å². The Balaban J connectivity index is 2.08. The molecular weight excluding hydrogens is 266 g/mol. The van der Waals surface area contributed by atoms with Crippen molar-refractivity contribution in [2.75, 3.05) is 5.73 Å². The number of nitrogens with zero attached hydrogens (tertiary/aromatic N) is 2. The van der Waals surface area contributed by atoms with Gasteiger partial charge >= 0.3 is 6.09 Å². The van der Waals surface area contributed by atoms with Crippen molar-refractivity contribution in [2.24, 2.45) is 0 Å². The zero-order chi connectivity index (χ0) is 15.0. The molecule has 2 aromatic rings. The van der Waals surface area contributed by atoms with Gasteiger partial charge in [-0.2, -0.15) is 5.26 Å². The molecule has 1 aliphatic rings. The number of amides is 1. The molecule has 1 heterocycles. The van der Waals surface area contributed by atoms with Crippen LogP contribution in [0.1, 0.15) is 16.7 Å². The van der Waals surface area contributed by atoms with Gasteiger partial charge in [0.15, 0.2) is 0 Å². The second-order valence-corrected chi connectivity index (χ2v) is 5.03. The molecule has 0 fully saturated rings. The second kappa shape index (κ2) is 4.84. The standard InChI is InChI=1S/C16H13N3O2/c17-7-10-1-3-11(4-2-10)14-6-13(18)5-12-8-19(16(20)21)9-15(12)14/h1-6H,8-9,18H2,(H,20,21). The summed E-state index contributed by atoms with van der Waals surface area (Å²) < 4.78 is 0. The van der Waals surface area contributed by atoms with Crippen LogP contribution in [0.25, 0.3) is 11.1 Å². The Kier molecular flexibility index (Phi) is 2.99. The molecule has 1 aliphatic heterocycles. The highest BCUT2D eigenvalue weighted by Crippen LogP contribution is 2.35. The zero-order valence-corrected chi connectivity index (χ0v) is 11.2. The van der Waals surface area contributed by atoms with E-state index in [2.05, 4.69) is 6.07 Å². The van der Waals surface area contributed by atoms with Crippen molar-refractivity contribution in [1.82, 2.24) is 4.90 Å². The van der Waals surface area contributed by atoms with Crippen molar-refractivity contribution in [3.05, 3.63) is 53.1 Å². The summed E-state index contributed by atoms with van der Waals surface area (Å²) in [4.78, 5) is 12.5. The van der Waals surface area contributed by atoms with Crippen LogP contribution < -0.4 is 5.73 Å². The first kappa shape index (κ1) is 13.0. The van der Waals surface area contributed by atoms with E-state index in [-0.39, 0.29) is 0 Å². The monoisotopic (exact) mass is 279 g/mol. The third-order valence-corrected chi connectivity index (χ3v) is 3.67.